The van der Waals surface area contributed by atoms with Gasteiger partial charge in [0.15, 0.2) is 0 Å². The lowest BCUT2D eigenvalue weighted by Crippen LogP contribution is -2.06. The molecule has 0 aliphatic rings. The number of nitrogens with zero attached hydrogens (tertiary/aromatic N) is 2. The molecule has 64 valence electrons. The molecule has 0 aliphatic carbocycles. The number of imidazole rings is 1. The molecule has 0 unspecified atom stereocenters. The Morgan fingerprint density at radius 3 is 1.91 bits per heavy atom. The predicted molar refractivity (Wildman–Crippen MR) is 52.4 cm³/mol. The van der Waals surface area contributed by atoms with Crippen molar-refractivity contribution in [2.24, 2.45) is 7.05 Å². The van der Waals surface area contributed by atoms with Crippen LogP contribution in [0.1, 0.15) is 0 Å². The first-order valence-corrected chi connectivity index (χ1v) is 8.01. The van der Waals surface area contributed by atoms with Gasteiger partial charge in [0.05, 0.1) is 6.33 Å². The van der Waals surface area contributed by atoms with Crippen LogP contribution in [0.4, 0.5) is 0 Å². The lowest BCUT2D eigenvalue weighted by atomic mass is 10.9. The van der Waals surface area contributed by atoms with Crippen LogP contribution in [-0.4, -0.2) is 16.9 Å². The third-order valence-electron chi connectivity index (χ3n) is 0.637. The van der Waals surface area contributed by atoms with Crippen LogP contribution in [0.15, 0.2) is 18.7 Å². The van der Waals surface area contributed by atoms with E-state index in [1.807, 2.05) is 17.8 Å². The van der Waals surface area contributed by atoms with E-state index in [-0.39, 0.29) is 0 Å². The zero-order chi connectivity index (χ0) is 8.91. The van der Waals surface area contributed by atoms with E-state index in [9.17, 15) is 0 Å². The van der Waals surface area contributed by atoms with E-state index in [1.165, 1.54) is 0 Å². The quantitative estimate of drug-likeness (QED) is 0.454. The zero-order valence-electron chi connectivity index (χ0n) is 7.50. The molecule has 1 aromatic heterocycles. The summed E-state index contributed by atoms with van der Waals surface area (Å²) in [6, 6.07) is 0. The van der Waals surface area contributed by atoms with Crippen LogP contribution in [0, 0.1) is 0 Å². The summed E-state index contributed by atoms with van der Waals surface area (Å²) in [5.41, 5.74) is 0. The van der Waals surface area contributed by atoms with Gasteiger partial charge in [-0.1, -0.05) is 19.6 Å². The lowest BCUT2D eigenvalue weighted by molar-refractivity contribution is 0.913. The van der Waals surface area contributed by atoms with Crippen molar-refractivity contribution >= 4 is 18.5 Å². The number of aryl methyl sites for hydroxylation is 1. The highest BCUT2D eigenvalue weighted by Crippen LogP contribution is 2.03. The second kappa shape index (κ2) is 4.57. The number of hydrogen-bond acceptors (Lipinski definition) is 1. The van der Waals surface area contributed by atoms with Gasteiger partial charge in [0.1, 0.15) is 7.38 Å². The Morgan fingerprint density at radius 2 is 1.82 bits per heavy atom. The summed E-state index contributed by atoms with van der Waals surface area (Å²) < 4.78 is 1.89. The van der Waals surface area contributed by atoms with E-state index < -0.39 is 7.38 Å². The van der Waals surface area contributed by atoms with E-state index in [0.717, 1.165) is 0 Å². The molecule has 1 rings (SSSR count). The zero-order valence-corrected chi connectivity index (χ0v) is 9.26. The smallest absolute Gasteiger partial charge is 0.147 e. The molecule has 0 saturated heterocycles. The average Bonchev–Trinajstić information content (AvgIpc) is 2.12. The number of rotatable bonds is 0. The SMILES string of the molecule is C[Si](C)(C)Cl.Cn1ccnc1. The highest BCUT2D eigenvalue weighted by molar-refractivity contribution is 7.18. The summed E-state index contributed by atoms with van der Waals surface area (Å²) >= 11 is 5.67. The maximum absolute atomic E-state index is 5.67. The van der Waals surface area contributed by atoms with Gasteiger partial charge >= 0.3 is 0 Å². The third-order valence-corrected chi connectivity index (χ3v) is 0.637. The van der Waals surface area contributed by atoms with Crippen LogP contribution in [0.3, 0.4) is 0 Å². The molecule has 0 aliphatic heterocycles. The maximum Gasteiger partial charge on any atom is 0.147 e. The Bertz CT molecular complexity index is 173. The molecule has 0 saturated carbocycles. The molecule has 11 heavy (non-hydrogen) atoms. The number of aromatic nitrogens is 2. The minimum absolute atomic E-state index is 1.14. The fourth-order valence-corrected chi connectivity index (χ4v) is 0.326. The minimum atomic E-state index is -1.14. The van der Waals surface area contributed by atoms with Crippen molar-refractivity contribution in [1.29, 1.82) is 0 Å². The molecule has 0 bridgehead atoms. The Morgan fingerprint density at radius 1 is 1.36 bits per heavy atom. The molecule has 4 heteroatoms. The van der Waals surface area contributed by atoms with Crippen molar-refractivity contribution in [3.63, 3.8) is 0 Å². The molecule has 0 fully saturated rings. The predicted octanol–water partition coefficient (Wildman–Crippen LogP) is 2.48. The van der Waals surface area contributed by atoms with Crippen molar-refractivity contribution < 1.29 is 0 Å². The topological polar surface area (TPSA) is 17.8 Å². The van der Waals surface area contributed by atoms with Gasteiger partial charge in [-0.3, -0.25) is 0 Å². The fraction of sp³-hybridized carbons (Fsp3) is 0.571. The fourth-order valence-electron chi connectivity index (χ4n) is 0.326. The highest BCUT2D eigenvalue weighted by atomic mass is 35.6. The first-order valence-electron chi connectivity index (χ1n) is 3.50. The molecule has 2 nitrogen and oxygen atoms in total. The molecule has 0 N–H and O–H groups in total. The minimum Gasteiger partial charge on any atom is -0.341 e. The van der Waals surface area contributed by atoms with Crippen molar-refractivity contribution in [3.05, 3.63) is 18.7 Å². The lowest BCUT2D eigenvalue weighted by Gasteiger charge is -1.97. The van der Waals surface area contributed by atoms with Crippen LogP contribution in [-0.2, 0) is 7.05 Å². The van der Waals surface area contributed by atoms with Gasteiger partial charge in [0.25, 0.3) is 0 Å². The third kappa shape index (κ3) is 12.8. The van der Waals surface area contributed by atoms with Crippen LogP contribution < -0.4 is 0 Å². The van der Waals surface area contributed by atoms with E-state index in [1.54, 1.807) is 12.5 Å². The van der Waals surface area contributed by atoms with Gasteiger partial charge in [-0.2, -0.15) is 11.1 Å². The summed E-state index contributed by atoms with van der Waals surface area (Å²) in [7, 11) is 0.799. The van der Waals surface area contributed by atoms with Crippen LogP contribution in [0.5, 0.6) is 0 Å². The van der Waals surface area contributed by atoms with Crippen molar-refractivity contribution in [2.45, 2.75) is 19.6 Å². The number of halogens is 1. The van der Waals surface area contributed by atoms with Crippen molar-refractivity contribution in [1.82, 2.24) is 9.55 Å². The Balaban J connectivity index is 0.000000187. The summed E-state index contributed by atoms with van der Waals surface area (Å²) in [5, 5.41) is 0. The Hall–Kier alpha value is -0.283. The second-order valence-corrected chi connectivity index (χ2v) is 10.8. The van der Waals surface area contributed by atoms with Crippen molar-refractivity contribution in [3.8, 4) is 0 Å². The van der Waals surface area contributed by atoms with Crippen LogP contribution >= 0.6 is 11.1 Å². The number of hydrogen-bond donors (Lipinski definition) is 0. The van der Waals surface area contributed by atoms with Crippen molar-refractivity contribution in [2.75, 3.05) is 0 Å². The second-order valence-electron chi connectivity index (χ2n) is 3.30. The summed E-state index contributed by atoms with van der Waals surface area (Å²) in [5.74, 6) is 0. The van der Waals surface area contributed by atoms with E-state index in [4.69, 9.17) is 11.1 Å². The normalized spacial score (nSPS) is 10.3. The molecule has 1 heterocycles. The molecule has 1 aromatic rings. The highest BCUT2D eigenvalue weighted by Gasteiger charge is 2.04. The Kier molecular flexibility index (Phi) is 4.45. The largest absolute Gasteiger partial charge is 0.341 e. The van der Waals surface area contributed by atoms with Gasteiger partial charge < -0.3 is 4.57 Å². The first kappa shape index (κ1) is 10.7. The van der Waals surface area contributed by atoms with E-state index >= 15 is 0 Å². The molecule has 0 atom stereocenters. The molecule has 0 aromatic carbocycles. The average molecular weight is 191 g/mol. The van der Waals surface area contributed by atoms with Gasteiger partial charge in [-0.05, 0) is 0 Å². The first-order chi connectivity index (χ1) is 4.89. The van der Waals surface area contributed by atoms with Crippen LogP contribution in [0.2, 0.25) is 19.6 Å². The standard InChI is InChI=1S/C4H6N2.C3H9ClSi/c1-6-3-2-5-4-6;1-5(2,3)4/h2-4H,1H3;1-3H3. The summed E-state index contributed by atoms with van der Waals surface area (Å²) in [6.45, 7) is 6.28. The summed E-state index contributed by atoms with van der Waals surface area (Å²) in [6.07, 6.45) is 5.39. The molecule has 0 radical (unpaired) electrons. The van der Waals surface area contributed by atoms with E-state index in [2.05, 4.69) is 24.6 Å². The maximum atomic E-state index is 5.67. The van der Waals surface area contributed by atoms with E-state index in [0.29, 0.717) is 0 Å². The van der Waals surface area contributed by atoms with Gasteiger partial charge in [-0.25, -0.2) is 4.98 Å². The van der Waals surface area contributed by atoms with Gasteiger partial charge in [0, 0.05) is 19.4 Å². The molecule has 0 amide bonds. The van der Waals surface area contributed by atoms with Gasteiger partial charge in [0.2, 0.25) is 0 Å². The van der Waals surface area contributed by atoms with Crippen LogP contribution in [0.25, 0.3) is 0 Å². The monoisotopic (exact) mass is 190 g/mol. The summed E-state index contributed by atoms with van der Waals surface area (Å²) in [4.78, 5) is 3.78. The Labute approximate surface area is 73.9 Å². The molecular formula is C7H15ClN2Si. The van der Waals surface area contributed by atoms with Gasteiger partial charge in [-0.15, -0.1) is 0 Å². The molecule has 0 spiro atoms. The molecular weight excluding hydrogens is 176 g/mol.